The summed E-state index contributed by atoms with van der Waals surface area (Å²) < 4.78 is 6.37. The zero-order valence-corrected chi connectivity index (χ0v) is 20.5. The molecular weight excluding hydrogens is 496 g/mol. The number of ether oxygens (including phenoxy) is 1. The molecule has 0 saturated heterocycles. The maximum absolute atomic E-state index is 12.6. The van der Waals surface area contributed by atoms with Gasteiger partial charge in [-0.05, 0) is 68.5 Å². The van der Waals surface area contributed by atoms with E-state index in [1.54, 1.807) is 56.3 Å². The molecule has 0 heterocycles. The van der Waals surface area contributed by atoms with Crippen LogP contribution in [0.3, 0.4) is 0 Å². The Morgan fingerprint density at radius 1 is 0.938 bits per heavy atom. The molecule has 0 atom stereocenters. The fourth-order valence-corrected chi connectivity index (χ4v) is 2.92. The minimum Gasteiger partial charge on any atom is -0.490 e. The number of carbonyl (C=O) groups is 3. The molecule has 0 spiro atoms. The van der Waals surface area contributed by atoms with Gasteiger partial charge in [0.25, 0.3) is 11.8 Å². The molecule has 3 amide bonds. The third kappa shape index (κ3) is 7.61. The molecule has 2 aromatic rings. The van der Waals surface area contributed by atoms with Gasteiger partial charge in [0.15, 0.2) is 5.11 Å². The first-order chi connectivity index (χ1) is 15.1. The largest absolute Gasteiger partial charge is 0.490 e. The molecule has 8 nitrogen and oxygen atoms in total. The van der Waals surface area contributed by atoms with E-state index in [-0.39, 0.29) is 23.0 Å². The zero-order valence-electron chi connectivity index (χ0n) is 18.1. The van der Waals surface area contributed by atoms with Crippen LogP contribution in [0.2, 0.25) is 0 Å². The van der Waals surface area contributed by atoms with Crippen molar-refractivity contribution in [1.82, 2.24) is 16.2 Å². The van der Waals surface area contributed by atoms with Crippen LogP contribution >= 0.6 is 28.1 Å². The SMILES string of the molecule is CC(C)Oc1ccc(Br)cc1C(=O)NC(=S)NNC(=O)c1ccc(NC(=O)C(C)C)cc1. The quantitative estimate of drug-likeness (QED) is 0.341. The van der Waals surface area contributed by atoms with Crippen LogP contribution in [-0.4, -0.2) is 28.9 Å². The Morgan fingerprint density at radius 3 is 2.19 bits per heavy atom. The molecule has 32 heavy (non-hydrogen) atoms. The van der Waals surface area contributed by atoms with E-state index in [0.717, 1.165) is 0 Å². The molecule has 0 fully saturated rings. The molecule has 10 heteroatoms. The summed E-state index contributed by atoms with van der Waals surface area (Å²) in [6, 6.07) is 11.4. The molecule has 0 aliphatic rings. The van der Waals surface area contributed by atoms with E-state index in [2.05, 4.69) is 37.4 Å². The number of halogens is 1. The first-order valence-corrected chi connectivity index (χ1v) is 11.1. The lowest BCUT2D eigenvalue weighted by Gasteiger charge is -2.15. The van der Waals surface area contributed by atoms with E-state index in [0.29, 0.717) is 27.0 Å². The Hall–Kier alpha value is -2.98. The molecule has 0 aromatic heterocycles. The van der Waals surface area contributed by atoms with Crippen LogP contribution in [0.25, 0.3) is 0 Å². The summed E-state index contributed by atoms with van der Waals surface area (Å²) in [5, 5.41) is 5.17. The number of hydrogen-bond donors (Lipinski definition) is 4. The second-order valence-electron chi connectivity index (χ2n) is 7.39. The Bertz CT molecular complexity index is 1010. The number of benzene rings is 2. The second kappa shape index (κ2) is 11.6. The number of carbonyl (C=O) groups excluding carboxylic acids is 3. The van der Waals surface area contributed by atoms with Crippen LogP contribution in [0.5, 0.6) is 5.75 Å². The van der Waals surface area contributed by atoms with Crippen LogP contribution in [-0.2, 0) is 4.79 Å². The monoisotopic (exact) mass is 520 g/mol. The van der Waals surface area contributed by atoms with E-state index in [1.807, 2.05) is 13.8 Å². The van der Waals surface area contributed by atoms with Crippen molar-refractivity contribution < 1.29 is 19.1 Å². The molecule has 0 saturated carbocycles. The highest BCUT2D eigenvalue weighted by Gasteiger charge is 2.16. The van der Waals surface area contributed by atoms with Gasteiger partial charge in [0.05, 0.1) is 11.7 Å². The lowest BCUT2D eigenvalue weighted by atomic mass is 10.1. The summed E-state index contributed by atoms with van der Waals surface area (Å²) in [7, 11) is 0. The Kier molecular flexibility index (Phi) is 9.15. The van der Waals surface area contributed by atoms with Crippen molar-refractivity contribution in [3.8, 4) is 5.75 Å². The lowest BCUT2D eigenvalue weighted by molar-refractivity contribution is -0.118. The average molecular weight is 521 g/mol. The second-order valence-corrected chi connectivity index (χ2v) is 8.71. The number of thiocarbonyl (C=S) groups is 1. The van der Waals surface area contributed by atoms with Gasteiger partial charge >= 0.3 is 0 Å². The number of rotatable bonds is 6. The van der Waals surface area contributed by atoms with E-state index in [4.69, 9.17) is 17.0 Å². The van der Waals surface area contributed by atoms with Crippen LogP contribution in [0.15, 0.2) is 46.9 Å². The fourth-order valence-electron chi connectivity index (χ4n) is 2.42. The number of hydrogen-bond acceptors (Lipinski definition) is 5. The van der Waals surface area contributed by atoms with E-state index in [1.165, 1.54) is 0 Å². The minimum absolute atomic E-state index is 0.0837. The number of hydrazine groups is 1. The molecule has 2 aromatic carbocycles. The van der Waals surface area contributed by atoms with Gasteiger partial charge < -0.3 is 10.1 Å². The van der Waals surface area contributed by atoms with Gasteiger partial charge in [-0.1, -0.05) is 29.8 Å². The van der Waals surface area contributed by atoms with Gasteiger partial charge in [-0.15, -0.1) is 0 Å². The molecular formula is C22H25BrN4O4S. The summed E-state index contributed by atoms with van der Waals surface area (Å²) in [4.78, 5) is 36.6. The fraction of sp³-hybridized carbons (Fsp3) is 0.273. The van der Waals surface area contributed by atoms with E-state index >= 15 is 0 Å². The van der Waals surface area contributed by atoms with Gasteiger partial charge in [0.1, 0.15) is 5.75 Å². The number of amides is 3. The standard InChI is InChI=1S/C22H25BrN4O4S/c1-12(2)19(28)24-16-8-5-14(6-9-16)20(29)26-27-22(32)25-21(30)17-11-15(23)7-10-18(17)31-13(3)4/h5-13H,1-4H3,(H,24,28)(H,26,29)(H2,25,27,30,32). The average Bonchev–Trinajstić information content (AvgIpc) is 2.73. The smallest absolute Gasteiger partial charge is 0.269 e. The highest BCUT2D eigenvalue weighted by atomic mass is 79.9. The van der Waals surface area contributed by atoms with Crippen LogP contribution < -0.4 is 26.2 Å². The molecule has 0 aliphatic heterocycles. The Labute approximate surface area is 200 Å². The number of nitrogens with one attached hydrogen (secondary N) is 4. The normalized spacial score (nSPS) is 10.5. The number of anilines is 1. The molecule has 0 unspecified atom stereocenters. The van der Waals surface area contributed by atoms with Gasteiger partial charge in [-0.25, -0.2) is 0 Å². The van der Waals surface area contributed by atoms with Crippen molar-refractivity contribution in [3.05, 3.63) is 58.1 Å². The van der Waals surface area contributed by atoms with Crippen LogP contribution in [0, 0.1) is 5.92 Å². The van der Waals surface area contributed by atoms with Gasteiger partial charge in [-0.2, -0.15) is 0 Å². The van der Waals surface area contributed by atoms with Crippen molar-refractivity contribution >= 4 is 56.7 Å². The highest BCUT2D eigenvalue weighted by Crippen LogP contribution is 2.24. The molecule has 2 rings (SSSR count). The van der Waals surface area contributed by atoms with Crippen molar-refractivity contribution in [2.24, 2.45) is 5.92 Å². The van der Waals surface area contributed by atoms with E-state index < -0.39 is 11.8 Å². The van der Waals surface area contributed by atoms with Crippen molar-refractivity contribution in [3.63, 3.8) is 0 Å². The summed E-state index contributed by atoms with van der Waals surface area (Å²) in [6.07, 6.45) is -0.114. The summed E-state index contributed by atoms with van der Waals surface area (Å²) in [6.45, 7) is 7.30. The third-order valence-electron chi connectivity index (χ3n) is 4.00. The first kappa shape index (κ1) is 25.3. The Morgan fingerprint density at radius 2 is 1.59 bits per heavy atom. The van der Waals surface area contributed by atoms with Crippen LogP contribution in [0.1, 0.15) is 48.4 Å². The molecule has 4 N–H and O–H groups in total. The predicted octanol–water partition coefficient (Wildman–Crippen LogP) is 3.78. The van der Waals surface area contributed by atoms with Crippen molar-refractivity contribution in [1.29, 1.82) is 0 Å². The van der Waals surface area contributed by atoms with Gasteiger partial charge in [0, 0.05) is 21.6 Å². The zero-order chi connectivity index (χ0) is 23.8. The maximum atomic E-state index is 12.6. The van der Waals surface area contributed by atoms with Crippen molar-refractivity contribution in [2.45, 2.75) is 33.8 Å². The lowest BCUT2D eigenvalue weighted by Crippen LogP contribution is -2.48. The molecule has 170 valence electrons. The van der Waals surface area contributed by atoms with Crippen LogP contribution in [0.4, 0.5) is 5.69 Å². The first-order valence-electron chi connectivity index (χ1n) is 9.85. The molecule has 0 bridgehead atoms. The van der Waals surface area contributed by atoms with E-state index in [9.17, 15) is 14.4 Å². The molecule has 0 aliphatic carbocycles. The van der Waals surface area contributed by atoms with Gasteiger partial charge in [0.2, 0.25) is 5.91 Å². The Balaban J connectivity index is 1.93. The van der Waals surface area contributed by atoms with Crippen molar-refractivity contribution in [2.75, 3.05) is 5.32 Å². The highest BCUT2D eigenvalue weighted by molar-refractivity contribution is 9.10. The minimum atomic E-state index is -0.487. The maximum Gasteiger partial charge on any atom is 0.269 e. The molecule has 0 radical (unpaired) electrons. The predicted molar refractivity (Wildman–Crippen MR) is 130 cm³/mol. The third-order valence-corrected chi connectivity index (χ3v) is 4.70. The summed E-state index contributed by atoms with van der Waals surface area (Å²) >= 11 is 8.43. The summed E-state index contributed by atoms with van der Waals surface area (Å²) in [5.74, 6) is -0.800. The summed E-state index contributed by atoms with van der Waals surface area (Å²) in [5.41, 5.74) is 6.14. The topological polar surface area (TPSA) is 109 Å². The van der Waals surface area contributed by atoms with Gasteiger partial charge in [-0.3, -0.25) is 30.6 Å².